The van der Waals surface area contributed by atoms with Crippen molar-refractivity contribution in [2.24, 2.45) is 0 Å². The molecule has 1 fully saturated rings. The topological polar surface area (TPSA) is 64.7 Å². The molecule has 0 bridgehead atoms. The number of hydrogen-bond donors (Lipinski definition) is 2. The van der Waals surface area contributed by atoms with Crippen LogP contribution in [-0.2, 0) is 0 Å². The van der Waals surface area contributed by atoms with Crippen molar-refractivity contribution in [3.63, 3.8) is 0 Å². The number of amides is 3. The molecule has 26 heavy (non-hydrogen) atoms. The maximum atomic E-state index is 12.2. The highest BCUT2D eigenvalue weighted by Gasteiger charge is 2.12. The van der Waals surface area contributed by atoms with Gasteiger partial charge >= 0.3 is 6.03 Å². The SMILES string of the molecule is CN(C)C(=O)c1cccc(NC(=O)Nc2ccc(N3CCCC3)cc2)c1. The predicted molar refractivity (Wildman–Crippen MR) is 105 cm³/mol. The molecule has 3 rings (SSSR count). The van der Waals surface area contributed by atoms with E-state index >= 15 is 0 Å². The summed E-state index contributed by atoms with van der Waals surface area (Å²) < 4.78 is 0. The second-order valence-electron chi connectivity index (χ2n) is 6.60. The number of benzene rings is 2. The second-order valence-corrected chi connectivity index (χ2v) is 6.60. The van der Waals surface area contributed by atoms with E-state index in [2.05, 4.69) is 15.5 Å². The molecule has 0 radical (unpaired) electrons. The van der Waals surface area contributed by atoms with Gasteiger partial charge in [0.05, 0.1) is 0 Å². The molecule has 2 aromatic rings. The second kappa shape index (κ2) is 7.91. The number of carbonyl (C=O) groups is 2. The predicted octanol–water partition coefficient (Wildman–Crippen LogP) is 3.63. The first-order valence-corrected chi connectivity index (χ1v) is 8.78. The summed E-state index contributed by atoms with van der Waals surface area (Å²) in [5, 5.41) is 5.58. The molecule has 2 aromatic carbocycles. The highest BCUT2D eigenvalue weighted by Crippen LogP contribution is 2.22. The van der Waals surface area contributed by atoms with E-state index in [1.807, 2.05) is 24.3 Å². The number of nitrogens with zero attached hydrogens (tertiary/aromatic N) is 2. The van der Waals surface area contributed by atoms with Gasteiger partial charge in [0.2, 0.25) is 0 Å². The quantitative estimate of drug-likeness (QED) is 0.883. The van der Waals surface area contributed by atoms with Crippen LogP contribution in [0.5, 0.6) is 0 Å². The maximum Gasteiger partial charge on any atom is 0.323 e. The highest BCUT2D eigenvalue weighted by molar-refractivity contribution is 6.01. The van der Waals surface area contributed by atoms with Crippen molar-refractivity contribution in [2.75, 3.05) is 42.7 Å². The fourth-order valence-electron chi connectivity index (χ4n) is 3.01. The Kier molecular flexibility index (Phi) is 5.41. The third-order valence-electron chi connectivity index (χ3n) is 4.37. The summed E-state index contributed by atoms with van der Waals surface area (Å²) in [7, 11) is 3.39. The van der Waals surface area contributed by atoms with Crippen LogP contribution in [-0.4, -0.2) is 44.0 Å². The molecule has 0 unspecified atom stereocenters. The molecule has 0 atom stereocenters. The van der Waals surface area contributed by atoms with Gasteiger partial charge in [-0.15, -0.1) is 0 Å². The van der Waals surface area contributed by atoms with Crippen molar-refractivity contribution in [3.05, 3.63) is 54.1 Å². The number of carbonyl (C=O) groups excluding carboxylic acids is 2. The Morgan fingerprint density at radius 3 is 2.23 bits per heavy atom. The van der Waals surface area contributed by atoms with Gasteiger partial charge in [0.15, 0.2) is 0 Å². The molecule has 2 N–H and O–H groups in total. The summed E-state index contributed by atoms with van der Waals surface area (Å²) in [5.41, 5.74) is 3.01. The smallest absolute Gasteiger partial charge is 0.323 e. The Morgan fingerprint density at radius 1 is 0.923 bits per heavy atom. The summed E-state index contributed by atoms with van der Waals surface area (Å²) >= 11 is 0. The van der Waals surface area contributed by atoms with Crippen LogP contribution < -0.4 is 15.5 Å². The number of urea groups is 1. The molecule has 0 aromatic heterocycles. The van der Waals surface area contributed by atoms with Crippen molar-refractivity contribution in [2.45, 2.75) is 12.8 Å². The Morgan fingerprint density at radius 2 is 1.58 bits per heavy atom. The van der Waals surface area contributed by atoms with Gasteiger partial charge in [-0.1, -0.05) is 6.07 Å². The van der Waals surface area contributed by atoms with Crippen molar-refractivity contribution >= 4 is 29.0 Å². The largest absolute Gasteiger partial charge is 0.372 e. The minimum absolute atomic E-state index is 0.105. The van der Waals surface area contributed by atoms with Gasteiger partial charge in [-0.05, 0) is 55.3 Å². The molecule has 0 saturated carbocycles. The number of anilines is 3. The molecular formula is C20H24N4O2. The molecule has 1 saturated heterocycles. The van der Waals surface area contributed by atoms with Crippen LogP contribution in [0.2, 0.25) is 0 Å². The summed E-state index contributed by atoms with van der Waals surface area (Å²) in [6.45, 7) is 2.19. The van der Waals surface area contributed by atoms with Gasteiger partial charge in [-0.25, -0.2) is 4.79 Å². The number of nitrogens with one attached hydrogen (secondary N) is 2. The van der Waals surface area contributed by atoms with Gasteiger partial charge in [-0.3, -0.25) is 4.79 Å². The Balaban J connectivity index is 1.60. The minimum atomic E-state index is -0.339. The molecule has 0 spiro atoms. The van der Waals surface area contributed by atoms with E-state index in [0.29, 0.717) is 11.3 Å². The van der Waals surface area contributed by atoms with Crippen molar-refractivity contribution in [1.82, 2.24) is 4.90 Å². The fraction of sp³-hybridized carbons (Fsp3) is 0.300. The average molecular weight is 352 g/mol. The van der Waals surface area contributed by atoms with Crippen LogP contribution in [0, 0.1) is 0 Å². The van der Waals surface area contributed by atoms with Crippen LogP contribution >= 0.6 is 0 Å². The molecule has 1 aliphatic heterocycles. The average Bonchev–Trinajstić information content (AvgIpc) is 3.16. The first-order chi connectivity index (χ1) is 12.5. The van der Waals surface area contributed by atoms with Crippen LogP contribution in [0.1, 0.15) is 23.2 Å². The Hall–Kier alpha value is -3.02. The number of hydrogen-bond acceptors (Lipinski definition) is 3. The molecule has 0 aliphatic carbocycles. The van der Waals surface area contributed by atoms with E-state index in [-0.39, 0.29) is 11.9 Å². The summed E-state index contributed by atoms with van der Waals surface area (Å²) in [5.74, 6) is -0.105. The Labute approximate surface area is 153 Å². The summed E-state index contributed by atoms with van der Waals surface area (Å²) in [4.78, 5) is 28.1. The highest BCUT2D eigenvalue weighted by atomic mass is 16.2. The third kappa shape index (κ3) is 4.33. The summed E-state index contributed by atoms with van der Waals surface area (Å²) in [6.07, 6.45) is 2.47. The lowest BCUT2D eigenvalue weighted by Gasteiger charge is -2.18. The van der Waals surface area contributed by atoms with Crippen LogP contribution in [0.25, 0.3) is 0 Å². The van der Waals surface area contributed by atoms with Crippen molar-refractivity contribution in [3.8, 4) is 0 Å². The van der Waals surface area contributed by atoms with E-state index in [9.17, 15) is 9.59 Å². The molecule has 1 aliphatic rings. The van der Waals surface area contributed by atoms with Crippen LogP contribution in [0.15, 0.2) is 48.5 Å². The molecule has 6 nitrogen and oxygen atoms in total. The van der Waals surface area contributed by atoms with Gasteiger partial charge in [0.25, 0.3) is 5.91 Å². The first kappa shape index (κ1) is 17.8. The molecule has 3 amide bonds. The van der Waals surface area contributed by atoms with E-state index < -0.39 is 0 Å². The van der Waals surface area contributed by atoms with Crippen LogP contribution in [0.4, 0.5) is 21.9 Å². The lowest BCUT2D eigenvalue weighted by molar-refractivity contribution is 0.0827. The zero-order valence-corrected chi connectivity index (χ0v) is 15.2. The van der Waals surface area contributed by atoms with Crippen molar-refractivity contribution in [1.29, 1.82) is 0 Å². The summed E-state index contributed by atoms with van der Waals surface area (Å²) in [6, 6.07) is 14.4. The Bertz CT molecular complexity index is 781. The van der Waals surface area contributed by atoms with E-state index in [0.717, 1.165) is 18.8 Å². The zero-order chi connectivity index (χ0) is 18.5. The van der Waals surface area contributed by atoms with E-state index in [1.54, 1.807) is 38.4 Å². The maximum absolute atomic E-state index is 12.2. The van der Waals surface area contributed by atoms with Gasteiger partial charge in [-0.2, -0.15) is 0 Å². The minimum Gasteiger partial charge on any atom is -0.372 e. The van der Waals surface area contributed by atoms with E-state index in [1.165, 1.54) is 23.4 Å². The zero-order valence-electron chi connectivity index (χ0n) is 15.2. The lowest BCUT2D eigenvalue weighted by atomic mass is 10.2. The molecular weight excluding hydrogens is 328 g/mol. The molecule has 6 heteroatoms. The van der Waals surface area contributed by atoms with Crippen LogP contribution in [0.3, 0.4) is 0 Å². The van der Waals surface area contributed by atoms with Gasteiger partial charge in [0, 0.05) is 49.8 Å². The normalized spacial score (nSPS) is 13.4. The van der Waals surface area contributed by atoms with Gasteiger partial charge in [0.1, 0.15) is 0 Å². The molecule has 1 heterocycles. The first-order valence-electron chi connectivity index (χ1n) is 8.78. The fourth-order valence-corrected chi connectivity index (χ4v) is 3.01. The molecule has 136 valence electrons. The van der Waals surface area contributed by atoms with Crippen molar-refractivity contribution < 1.29 is 9.59 Å². The number of rotatable bonds is 4. The third-order valence-corrected chi connectivity index (χ3v) is 4.37. The lowest BCUT2D eigenvalue weighted by Crippen LogP contribution is -2.22. The van der Waals surface area contributed by atoms with E-state index in [4.69, 9.17) is 0 Å². The monoisotopic (exact) mass is 352 g/mol. The standard InChI is InChI=1S/C20H24N4O2/c1-23(2)19(25)15-6-5-7-17(14-15)22-20(26)21-16-8-10-18(11-9-16)24-12-3-4-13-24/h5-11,14H,3-4,12-13H2,1-2H3,(H2,21,22,26). The van der Waals surface area contributed by atoms with Gasteiger partial charge < -0.3 is 20.4 Å².